The van der Waals surface area contributed by atoms with Gasteiger partial charge >= 0.3 is 5.97 Å². The van der Waals surface area contributed by atoms with E-state index in [1.807, 2.05) is 38.1 Å². The lowest BCUT2D eigenvalue weighted by Crippen LogP contribution is -2.55. The summed E-state index contributed by atoms with van der Waals surface area (Å²) in [4.78, 5) is 24.8. The summed E-state index contributed by atoms with van der Waals surface area (Å²) in [5.74, 6) is -0.944. The van der Waals surface area contributed by atoms with Gasteiger partial charge in [0.15, 0.2) is 5.54 Å². The first-order valence-corrected chi connectivity index (χ1v) is 6.59. The second-order valence-electron chi connectivity index (χ2n) is 5.28. The Morgan fingerprint density at radius 2 is 2.11 bits per heavy atom. The molecule has 1 aliphatic rings. The van der Waals surface area contributed by atoms with E-state index in [1.54, 1.807) is 0 Å². The minimum atomic E-state index is -1.22. The van der Waals surface area contributed by atoms with E-state index in [9.17, 15) is 14.7 Å². The number of carbonyl (C=O) groups is 2. The Kier molecular flexibility index (Phi) is 3.60. The van der Waals surface area contributed by atoms with Gasteiger partial charge in [0.05, 0.1) is 0 Å². The van der Waals surface area contributed by atoms with E-state index in [1.165, 1.54) is 4.90 Å². The highest BCUT2D eigenvalue weighted by Gasteiger charge is 2.49. The van der Waals surface area contributed by atoms with Crippen molar-refractivity contribution in [2.24, 2.45) is 0 Å². The van der Waals surface area contributed by atoms with Gasteiger partial charge in [-0.15, -0.1) is 0 Å². The van der Waals surface area contributed by atoms with Gasteiger partial charge in [0.25, 0.3) is 0 Å². The number of nitrogens with zero attached hydrogens (tertiary/aromatic N) is 1. The number of rotatable bonds is 4. The van der Waals surface area contributed by atoms with Crippen LogP contribution in [0.3, 0.4) is 0 Å². The highest BCUT2D eigenvalue weighted by molar-refractivity contribution is 5.84. The third-order valence-electron chi connectivity index (χ3n) is 3.91. The SMILES string of the molecule is CC(C)N(C=O)C1(C(=O)O)CCCc2ccccc21. The number of fused-ring (bicyclic) bond motifs is 1. The Hall–Kier alpha value is -1.84. The summed E-state index contributed by atoms with van der Waals surface area (Å²) in [5.41, 5.74) is 0.573. The van der Waals surface area contributed by atoms with Crippen molar-refractivity contribution in [2.75, 3.05) is 0 Å². The van der Waals surface area contributed by atoms with E-state index in [-0.39, 0.29) is 6.04 Å². The predicted octanol–water partition coefficient (Wildman–Crippen LogP) is 2.17. The largest absolute Gasteiger partial charge is 0.479 e. The minimum Gasteiger partial charge on any atom is -0.479 e. The average molecular weight is 261 g/mol. The molecular formula is C15H19NO3. The highest BCUT2D eigenvalue weighted by Crippen LogP contribution is 2.40. The molecule has 0 saturated heterocycles. The number of carboxylic acids is 1. The molecule has 0 bridgehead atoms. The number of benzene rings is 1. The number of aryl methyl sites for hydroxylation is 1. The lowest BCUT2D eigenvalue weighted by molar-refractivity contribution is -0.159. The standard InChI is InChI=1S/C15H19NO3/c1-11(2)16(10-17)15(14(18)19)9-5-7-12-6-3-4-8-13(12)15/h3-4,6,8,10-11H,5,7,9H2,1-2H3,(H,18,19). The van der Waals surface area contributed by atoms with E-state index in [0.29, 0.717) is 12.8 Å². The quantitative estimate of drug-likeness (QED) is 0.845. The molecular weight excluding hydrogens is 242 g/mol. The summed E-state index contributed by atoms with van der Waals surface area (Å²) in [6, 6.07) is 7.39. The molecule has 4 heteroatoms. The van der Waals surface area contributed by atoms with Gasteiger partial charge in [0.1, 0.15) is 0 Å². The van der Waals surface area contributed by atoms with E-state index in [0.717, 1.165) is 24.0 Å². The summed E-state index contributed by atoms with van der Waals surface area (Å²) in [6.07, 6.45) is 2.79. The first-order chi connectivity index (χ1) is 9.04. The van der Waals surface area contributed by atoms with Gasteiger partial charge in [-0.25, -0.2) is 4.79 Å². The third kappa shape index (κ3) is 2.01. The highest BCUT2D eigenvalue weighted by atomic mass is 16.4. The molecule has 0 fully saturated rings. The molecule has 1 aromatic carbocycles. The van der Waals surface area contributed by atoms with Crippen LogP contribution in [0.1, 0.15) is 37.8 Å². The normalized spacial score (nSPS) is 21.8. The van der Waals surface area contributed by atoms with Crippen LogP contribution >= 0.6 is 0 Å². The van der Waals surface area contributed by atoms with Gasteiger partial charge in [-0.3, -0.25) is 4.79 Å². The zero-order chi connectivity index (χ0) is 14.0. The smallest absolute Gasteiger partial charge is 0.334 e. The van der Waals surface area contributed by atoms with Crippen molar-refractivity contribution in [1.29, 1.82) is 0 Å². The van der Waals surface area contributed by atoms with Crippen LogP contribution in [-0.4, -0.2) is 28.4 Å². The summed E-state index contributed by atoms with van der Waals surface area (Å²) in [6.45, 7) is 3.69. The molecule has 2 rings (SSSR count). The van der Waals surface area contributed by atoms with Crippen LogP contribution < -0.4 is 0 Å². The first kappa shape index (κ1) is 13.6. The van der Waals surface area contributed by atoms with E-state index in [4.69, 9.17) is 0 Å². The Labute approximate surface area is 113 Å². The van der Waals surface area contributed by atoms with E-state index >= 15 is 0 Å². The molecule has 1 amide bonds. The lowest BCUT2D eigenvalue weighted by atomic mass is 9.75. The van der Waals surface area contributed by atoms with Gasteiger partial charge in [-0.1, -0.05) is 24.3 Å². The Morgan fingerprint density at radius 1 is 1.42 bits per heavy atom. The molecule has 1 aliphatic carbocycles. The van der Waals surface area contributed by atoms with Gasteiger partial charge in [-0.2, -0.15) is 0 Å². The molecule has 0 aromatic heterocycles. The fourth-order valence-corrected chi connectivity index (χ4v) is 3.06. The molecule has 19 heavy (non-hydrogen) atoms. The van der Waals surface area contributed by atoms with Crippen LogP contribution in [0.2, 0.25) is 0 Å². The van der Waals surface area contributed by atoms with Crippen molar-refractivity contribution in [3.63, 3.8) is 0 Å². The molecule has 1 aromatic rings. The second kappa shape index (κ2) is 5.03. The maximum Gasteiger partial charge on any atom is 0.334 e. The summed E-state index contributed by atoms with van der Waals surface area (Å²) < 4.78 is 0. The van der Waals surface area contributed by atoms with Gasteiger partial charge in [0.2, 0.25) is 6.41 Å². The third-order valence-corrected chi connectivity index (χ3v) is 3.91. The van der Waals surface area contributed by atoms with Crippen molar-refractivity contribution in [1.82, 2.24) is 4.90 Å². The Morgan fingerprint density at radius 3 is 2.68 bits per heavy atom. The number of carbonyl (C=O) groups excluding carboxylic acids is 1. The first-order valence-electron chi connectivity index (χ1n) is 6.59. The molecule has 1 atom stereocenters. The van der Waals surface area contributed by atoms with Crippen LogP contribution in [-0.2, 0) is 21.5 Å². The topological polar surface area (TPSA) is 57.6 Å². The molecule has 1 unspecified atom stereocenters. The van der Waals surface area contributed by atoms with Crippen LogP contribution in [0.4, 0.5) is 0 Å². The Bertz CT molecular complexity index is 498. The molecule has 0 spiro atoms. The van der Waals surface area contributed by atoms with Crippen LogP contribution in [0.15, 0.2) is 24.3 Å². The van der Waals surface area contributed by atoms with Crippen LogP contribution in [0.5, 0.6) is 0 Å². The predicted molar refractivity (Wildman–Crippen MR) is 71.7 cm³/mol. The van der Waals surface area contributed by atoms with E-state index < -0.39 is 11.5 Å². The summed E-state index contributed by atoms with van der Waals surface area (Å²) in [7, 11) is 0. The molecule has 1 N–H and O–H groups in total. The fraction of sp³-hybridized carbons (Fsp3) is 0.467. The van der Waals surface area contributed by atoms with Crippen molar-refractivity contribution >= 4 is 12.4 Å². The van der Waals surface area contributed by atoms with Crippen LogP contribution in [0.25, 0.3) is 0 Å². The second-order valence-corrected chi connectivity index (χ2v) is 5.28. The number of hydrogen-bond donors (Lipinski definition) is 1. The molecule has 102 valence electrons. The van der Waals surface area contributed by atoms with Crippen molar-refractivity contribution < 1.29 is 14.7 Å². The van der Waals surface area contributed by atoms with Crippen LogP contribution in [0, 0.1) is 0 Å². The maximum atomic E-state index is 11.9. The number of amides is 1. The van der Waals surface area contributed by atoms with Gasteiger partial charge in [-0.05, 0) is 44.2 Å². The average Bonchev–Trinajstić information content (AvgIpc) is 2.39. The lowest BCUT2D eigenvalue weighted by Gasteiger charge is -2.44. The molecule has 0 heterocycles. The zero-order valence-corrected chi connectivity index (χ0v) is 11.3. The monoisotopic (exact) mass is 261 g/mol. The molecule has 4 nitrogen and oxygen atoms in total. The van der Waals surface area contributed by atoms with Gasteiger partial charge in [0, 0.05) is 6.04 Å². The molecule has 0 saturated carbocycles. The summed E-state index contributed by atoms with van der Waals surface area (Å²) in [5, 5.41) is 9.79. The minimum absolute atomic E-state index is 0.153. The zero-order valence-electron chi connectivity index (χ0n) is 11.3. The Balaban J connectivity index is 2.65. The van der Waals surface area contributed by atoms with Crippen molar-refractivity contribution in [2.45, 2.75) is 44.7 Å². The summed E-state index contributed by atoms with van der Waals surface area (Å²) >= 11 is 0. The van der Waals surface area contributed by atoms with Gasteiger partial charge < -0.3 is 10.0 Å². The number of hydrogen-bond acceptors (Lipinski definition) is 2. The number of aliphatic carboxylic acids is 1. The molecule has 0 aliphatic heterocycles. The maximum absolute atomic E-state index is 11.9. The molecule has 0 radical (unpaired) electrons. The fourth-order valence-electron chi connectivity index (χ4n) is 3.06. The van der Waals surface area contributed by atoms with E-state index in [2.05, 4.69) is 0 Å². The number of carboxylic acid groups (broad SMARTS) is 1. The van der Waals surface area contributed by atoms with Crippen molar-refractivity contribution in [3.05, 3.63) is 35.4 Å². The van der Waals surface area contributed by atoms with Crippen molar-refractivity contribution in [3.8, 4) is 0 Å².